The zero-order chi connectivity index (χ0) is 23.9. The van der Waals surface area contributed by atoms with Crippen molar-refractivity contribution in [3.63, 3.8) is 0 Å². The van der Waals surface area contributed by atoms with E-state index in [1.165, 1.54) is 18.8 Å². The van der Waals surface area contributed by atoms with E-state index in [4.69, 9.17) is 16.3 Å². The van der Waals surface area contributed by atoms with E-state index in [0.29, 0.717) is 6.08 Å². The Morgan fingerprint density at radius 1 is 1.10 bits per heavy atom. The van der Waals surface area contributed by atoms with E-state index in [9.17, 15) is 35.5 Å². The van der Waals surface area contributed by atoms with Crippen LogP contribution in [0.15, 0.2) is 20.6 Å². The molecule has 0 saturated heterocycles. The normalized spacial score (nSPS) is 21.3. The Bertz CT molecular complexity index is 929. The van der Waals surface area contributed by atoms with Crippen molar-refractivity contribution < 1.29 is 40.3 Å². The lowest BCUT2D eigenvalue weighted by molar-refractivity contribution is -0.147. The van der Waals surface area contributed by atoms with Crippen LogP contribution in [-0.4, -0.2) is 12.1 Å². The highest BCUT2D eigenvalue weighted by atomic mass is 79.9. The molecule has 0 aliphatic heterocycles. The standard InChI is InChI=1S/C19H14Br2ClF7O2/c1-18(2)10(4-11(22)19(27,28)29)12(18)17(30)31-6-9-15(25)13(23)8(3-7(21)5-20)14(24)16(9)26/h4-5,10,12H,3,6H2,1-2H3/b7-5+,11-4-/t10-,12-/m1/s1. The number of alkyl halides is 3. The van der Waals surface area contributed by atoms with Gasteiger partial charge in [0.2, 0.25) is 0 Å². The molecule has 1 aromatic carbocycles. The number of ether oxygens (including phenoxy) is 1. The van der Waals surface area contributed by atoms with Gasteiger partial charge in [0.25, 0.3) is 0 Å². The molecule has 0 radical (unpaired) electrons. The van der Waals surface area contributed by atoms with E-state index < -0.39 is 81.9 Å². The second-order valence-electron chi connectivity index (χ2n) is 7.39. The largest absolute Gasteiger partial charge is 0.460 e. The number of esters is 1. The van der Waals surface area contributed by atoms with Gasteiger partial charge >= 0.3 is 12.1 Å². The molecule has 2 rings (SSSR count). The first-order valence-corrected chi connectivity index (χ1v) is 10.6. The minimum absolute atomic E-state index is 0.204. The fraction of sp³-hybridized carbons (Fsp3) is 0.421. The quantitative estimate of drug-likeness (QED) is 0.193. The van der Waals surface area contributed by atoms with Crippen LogP contribution in [0.1, 0.15) is 25.0 Å². The van der Waals surface area contributed by atoms with Crippen LogP contribution in [0, 0.1) is 40.5 Å². The highest BCUT2D eigenvalue weighted by Crippen LogP contribution is 2.60. The number of halogens is 10. The molecule has 1 saturated carbocycles. The van der Waals surface area contributed by atoms with E-state index >= 15 is 0 Å². The molecule has 172 valence electrons. The minimum atomic E-state index is -4.79. The summed E-state index contributed by atoms with van der Waals surface area (Å²) in [6.45, 7) is 1.81. The first-order chi connectivity index (χ1) is 14.1. The second kappa shape index (κ2) is 9.43. The average Bonchev–Trinajstić information content (AvgIpc) is 3.22. The predicted octanol–water partition coefficient (Wildman–Crippen LogP) is 7.42. The van der Waals surface area contributed by atoms with E-state index in [1.807, 2.05) is 0 Å². The number of hydrogen-bond donors (Lipinski definition) is 0. The second-order valence-corrected chi connectivity index (χ2v) is 9.27. The molecule has 2 atom stereocenters. The summed E-state index contributed by atoms with van der Waals surface area (Å²) in [4.78, 5) is 13.5. The van der Waals surface area contributed by atoms with Crippen LogP contribution in [0.3, 0.4) is 0 Å². The molecule has 0 N–H and O–H groups in total. The first-order valence-electron chi connectivity index (χ1n) is 8.54. The van der Waals surface area contributed by atoms with E-state index in [0.717, 1.165) is 0 Å². The molecule has 0 bridgehead atoms. The molecule has 2 nitrogen and oxygen atoms in total. The molecule has 0 heterocycles. The highest BCUT2D eigenvalue weighted by Gasteiger charge is 2.62. The maximum Gasteiger partial charge on any atom is 0.426 e. The Balaban J connectivity index is 2.21. The summed E-state index contributed by atoms with van der Waals surface area (Å²) in [6.07, 6.45) is -4.62. The molecule has 1 aliphatic rings. The molecule has 0 spiro atoms. The van der Waals surface area contributed by atoms with Crippen LogP contribution >= 0.6 is 43.5 Å². The number of hydrogen-bond acceptors (Lipinski definition) is 2. The summed E-state index contributed by atoms with van der Waals surface area (Å²) in [5.74, 6) is -9.86. The smallest absolute Gasteiger partial charge is 0.426 e. The van der Waals surface area contributed by atoms with E-state index in [2.05, 4.69) is 31.9 Å². The van der Waals surface area contributed by atoms with Gasteiger partial charge in [0.1, 0.15) is 11.6 Å². The highest BCUT2D eigenvalue weighted by molar-refractivity contribution is 9.14. The Kier molecular flexibility index (Phi) is 7.96. The SMILES string of the molecule is CC1(C)[C@H](/C=C(\Cl)C(F)(F)F)[C@@H]1C(=O)OCc1c(F)c(F)c(C/C(Br)=C\Br)c(F)c1F. The Morgan fingerprint density at radius 2 is 1.58 bits per heavy atom. The third kappa shape index (κ3) is 5.47. The molecular weight excluding hydrogens is 588 g/mol. The lowest BCUT2D eigenvalue weighted by atomic mass is 10.1. The van der Waals surface area contributed by atoms with Gasteiger partial charge in [-0.25, -0.2) is 17.6 Å². The summed E-state index contributed by atoms with van der Waals surface area (Å²) in [7, 11) is 0. The fourth-order valence-corrected chi connectivity index (χ4v) is 3.71. The number of carbonyl (C=O) groups excluding carboxylic acids is 1. The molecule has 0 amide bonds. The van der Waals surface area contributed by atoms with Crippen molar-refractivity contribution in [3.8, 4) is 0 Å². The van der Waals surface area contributed by atoms with Crippen LogP contribution in [0.5, 0.6) is 0 Å². The van der Waals surface area contributed by atoms with Crippen molar-refractivity contribution in [2.45, 2.75) is 33.1 Å². The van der Waals surface area contributed by atoms with Crippen LogP contribution in [0.2, 0.25) is 0 Å². The number of benzene rings is 1. The van der Waals surface area contributed by atoms with Gasteiger partial charge < -0.3 is 4.74 Å². The van der Waals surface area contributed by atoms with Crippen LogP contribution in [0.25, 0.3) is 0 Å². The third-order valence-corrected chi connectivity index (χ3v) is 7.05. The van der Waals surface area contributed by atoms with Crippen LogP contribution in [0.4, 0.5) is 30.7 Å². The van der Waals surface area contributed by atoms with Gasteiger partial charge in [-0.15, -0.1) is 0 Å². The van der Waals surface area contributed by atoms with Gasteiger partial charge in [-0.2, -0.15) is 13.2 Å². The monoisotopic (exact) mass is 600 g/mol. The predicted molar refractivity (Wildman–Crippen MR) is 106 cm³/mol. The van der Waals surface area contributed by atoms with Crippen LogP contribution in [-0.2, 0) is 22.6 Å². The Labute approximate surface area is 194 Å². The maximum atomic E-state index is 14.3. The molecule has 0 aromatic heterocycles. The number of allylic oxidation sites excluding steroid dienone is 3. The zero-order valence-corrected chi connectivity index (χ0v) is 19.7. The Hall–Kier alpha value is -1.07. The van der Waals surface area contributed by atoms with E-state index in [1.54, 1.807) is 0 Å². The summed E-state index contributed by atoms with van der Waals surface area (Å²) in [5.41, 5.74) is -2.98. The first kappa shape index (κ1) is 26.2. The summed E-state index contributed by atoms with van der Waals surface area (Å²) < 4.78 is 99.8. The van der Waals surface area contributed by atoms with Gasteiger partial charge in [-0.05, 0) is 16.3 Å². The maximum absolute atomic E-state index is 14.3. The van der Waals surface area contributed by atoms with Gasteiger partial charge in [0.05, 0.1) is 11.5 Å². The molecule has 1 fully saturated rings. The lowest BCUT2D eigenvalue weighted by Gasteiger charge is -2.12. The van der Waals surface area contributed by atoms with Gasteiger partial charge in [-0.3, -0.25) is 4.79 Å². The molecular formula is C19H14Br2ClF7O2. The van der Waals surface area contributed by atoms with Crippen molar-refractivity contribution in [3.05, 3.63) is 55.0 Å². The Morgan fingerprint density at radius 3 is 2.03 bits per heavy atom. The summed E-state index contributed by atoms with van der Waals surface area (Å²) >= 11 is 11.0. The zero-order valence-electron chi connectivity index (χ0n) is 15.8. The van der Waals surface area contributed by atoms with Crippen LogP contribution < -0.4 is 0 Å². The van der Waals surface area contributed by atoms with Gasteiger partial charge in [0.15, 0.2) is 23.3 Å². The number of carbonyl (C=O) groups is 1. The topological polar surface area (TPSA) is 26.3 Å². The third-order valence-electron chi connectivity index (χ3n) is 5.03. The summed E-state index contributed by atoms with van der Waals surface area (Å²) in [6, 6.07) is 0. The van der Waals surface area contributed by atoms with Crippen molar-refractivity contribution in [1.82, 2.24) is 0 Å². The molecule has 1 aliphatic carbocycles. The van der Waals surface area contributed by atoms with Gasteiger partial charge in [0, 0.05) is 16.5 Å². The van der Waals surface area contributed by atoms with Crippen molar-refractivity contribution in [2.24, 2.45) is 17.3 Å². The van der Waals surface area contributed by atoms with Crippen molar-refractivity contribution >= 4 is 49.4 Å². The molecule has 0 unspecified atom stereocenters. The molecule has 1 aromatic rings. The van der Waals surface area contributed by atoms with Gasteiger partial charge in [-0.1, -0.05) is 63.4 Å². The van der Waals surface area contributed by atoms with Crippen molar-refractivity contribution in [2.75, 3.05) is 0 Å². The number of rotatable bonds is 6. The lowest BCUT2D eigenvalue weighted by Crippen LogP contribution is -2.15. The van der Waals surface area contributed by atoms with Crippen molar-refractivity contribution in [1.29, 1.82) is 0 Å². The molecule has 31 heavy (non-hydrogen) atoms. The summed E-state index contributed by atoms with van der Waals surface area (Å²) in [5, 5.41) is -1.42. The average molecular weight is 603 g/mol. The van der Waals surface area contributed by atoms with E-state index in [-0.39, 0.29) is 4.48 Å². The fourth-order valence-electron chi connectivity index (χ4n) is 3.14. The molecule has 12 heteroatoms. The minimum Gasteiger partial charge on any atom is -0.460 e.